The minimum absolute atomic E-state index is 0.262. The Morgan fingerprint density at radius 1 is 1.22 bits per heavy atom. The van der Waals surface area contributed by atoms with Crippen LogP contribution in [-0.2, 0) is 14.8 Å². The largest absolute Gasteiger partial charge is 0.450 e. The fourth-order valence-corrected chi connectivity index (χ4v) is 2.33. The van der Waals surface area contributed by atoms with Crippen LogP contribution in [0.2, 0.25) is 0 Å². The summed E-state index contributed by atoms with van der Waals surface area (Å²) in [4.78, 5) is 11.0. The summed E-state index contributed by atoms with van der Waals surface area (Å²) in [6.45, 7) is 5.12. The van der Waals surface area contributed by atoms with Gasteiger partial charge in [-0.15, -0.1) is 0 Å². The summed E-state index contributed by atoms with van der Waals surface area (Å²) in [6, 6.07) is 0. The molecule has 1 amide bonds. The molecule has 0 saturated carbocycles. The third-order valence-corrected chi connectivity index (χ3v) is 3.69. The average Bonchev–Trinajstić information content (AvgIpc) is 2.26. The molecule has 0 aliphatic heterocycles. The topological polar surface area (TPSA) is 75.7 Å². The molecule has 1 N–H and O–H groups in total. The van der Waals surface area contributed by atoms with Crippen LogP contribution in [0.3, 0.4) is 0 Å². The number of carbonyl (C=O) groups is 1. The zero-order chi connectivity index (χ0) is 14.0. The van der Waals surface area contributed by atoms with Gasteiger partial charge < -0.3 is 10.1 Å². The number of unbranched alkanes of at least 4 members (excludes halogenated alkanes) is 2. The lowest BCUT2D eigenvalue weighted by Crippen LogP contribution is -2.38. The highest BCUT2D eigenvalue weighted by Gasteiger charge is 2.15. The molecule has 0 aliphatic carbocycles. The van der Waals surface area contributed by atoms with Gasteiger partial charge in [-0.2, -0.15) is 0 Å². The van der Waals surface area contributed by atoms with Gasteiger partial charge >= 0.3 is 6.09 Å². The molecule has 0 atom stereocenters. The maximum atomic E-state index is 11.5. The molecule has 0 unspecified atom stereocenters. The first-order valence-electron chi connectivity index (χ1n) is 6.27. The number of alkyl carbamates (subject to hydrolysis) is 1. The van der Waals surface area contributed by atoms with E-state index in [9.17, 15) is 13.2 Å². The summed E-state index contributed by atoms with van der Waals surface area (Å²) in [5.74, 6) is 0. The fourth-order valence-electron chi connectivity index (χ4n) is 1.45. The number of ether oxygens (including phenoxy) is 1. The number of nitrogens with zero attached hydrogens (tertiary/aromatic N) is 1. The number of hydrogen-bond acceptors (Lipinski definition) is 4. The molecule has 0 bridgehead atoms. The van der Waals surface area contributed by atoms with Gasteiger partial charge in [-0.25, -0.2) is 17.5 Å². The van der Waals surface area contributed by atoms with E-state index in [-0.39, 0.29) is 13.1 Å². The van der Waals surface area contributed by atoms with Gasteiger partial charge in [0.05, 0.1) is 12.9 Å². The van der Waals surface area contributed by atoms with Crippen LogP contribution in [0.15, 0.2) is 0 Å². The van der Waals surface area contributed by atoms with E-state index < -0.39 is 16.1 Å². The minimum Gasteiger partial charge on any atom is -0.450 e. The van der Waals surface area contributed by atoms with Crippen molar-refractivity contribution in [2.75, 3.05) is 32.5 Å². The van der Waals surface area contributed by atoms with Crippen molar-refractivity contribution in [1.29, 1.82) is 0 Å². The number of hydrogen-bond donors (Lipinski definition) is 1. The van der Waals surface area contributed by atoms with Crippen LogP contribution in [0.5, 0.6) is 0 Å². The molecule has 0 aliphatic rings. The van der Waals surface area contributed by atoms with E-state index in [1.807, 2.05) is 0 Å². The molecule has 7 heteroatoms. The van der Waals surface area contributed by atoms with Gasteiger partial charge in [0.2, 0.25) is 10.0 Å². The van der Waals surface area contributed by atoms with Crippen molar-refractivity contribution in [2.24, 2.45) is 0 Å². The second kappa shape index (κ2) is 9.16. The monoisotopic (exact) mass is 280 g/mol. The van der Waals surface area contributed by atoms with Crippen molar-refractivity contribution in [2.45, 2.75) is 33.1 Å². The molecular formula is C11H24N2O4S. The molecule has 0 spiro atoms. The molecule has 0 aromatic carbocycles. The van der Waals surface area contributed by atoms with Crippen molar-refractivity contribution in [3.05, 3.63) is 0 Å². The van der Waals surface area contributed by atoms with Crippen molar-refractivity contribution < 1.29 is 17.9 Å². The van der Waals surface area contributed by atoms with E-state index in [0.29, 0.717) is 13.2 Å². The Morgan fingerprint density at radius 2 is 1.89 bits per heavy atom. The van der Waals surface area contributed by atoms with Gasteiger partial charge in [0, 0.05) is 19.6 Å². The lowest BCUT2D eigenvalue weighted by Gasteiger charge is -2.19. The predicted molar refractivity (Wildman–Crippen MR) is 71.0 cm³/mol. The van der Waals surface area contributed by atoms with Gasteiger partial charge in [-0.3, -0.25) is 0 Å². The molecule has 0 aromatic heterocycles. The molecule has 0 aromatic rings. The van der Waals surface area contributed by atoms with Crippen molar-refractivity contribution in [3.63, 3.8) is 0 Å². The highest BCUT2D eigenvalue weighted by molar-refractivity contribution is 7.88. The van der Waals surface area contributed by atoms with Gasteiger partial charge in [0.25, 0.3) is 0 Å². The second-order valence-electron chi connectivity index (χ2n) is 4.02. The van der Waals surface area contributed by atoms with Gasteiger partial charge in [0.1, 0.15) is 0 Å². The highest BCUT2D eigenvalue weighted by atomic mass is 32.2. The van der Waals surface area contributed by atoms with E-state index >= 15 is 0 Å². The molecule has 0 saturated heterocycles. The average molecular weight is 280 g/mol. The standard InChI is InChI=1S/C11H24N2O4S/c1-4-6-7-9-13(18(3,15)16)10-8-12-11(14)17-5-2/h4-10H2,1-3H3,(H,12,14). The Bertz CT molecular complexity index is 330. The first kappa shape index (κ1) is 17.2. The molecule has 6 nitrogen and oxygen atoms in total. The summed E-state index contributed by atoms with van der Waals surface area (Å²) < 4.78 is 29.1. The van der Waals surface area contributed by atoms with Gasteiger partial charge in [-0.1, -0.05) is 19.8 Å². The van der Waals surface area contributed by atoms with E-state index in [0.717, 1.165) is 19.3 Å². The predicted octanol–water partition coefficient (Wildman–Crippen LogP) is 1.18. The molecule has 18 heavy (non-hydrogen) atoms. The highest BCUT2D eigenvalue weighted by Crippen LogP contribution is 2.02. The van der Waals surface area contributed by atoms with E-state index in [2.05, 4.69) is 17.0 Å². The zero-order valence-corrected chi connectivity index (χ0v) is 12.3. The van der Waals surface area contributed by atoms with E-state index in [1.165, 1.54) is 10.6 Å². The van der Waals surface area contributed by atoms with Crippen molar-refractivity contribution in [3.8, 4) is 0 Å². The molecule has 0 radical (unpaired) electrons. The third-order valence-electron chi connectivity index (χ3n) is 2.39. The number of nitrogens with one attached hydrogen (secondary N) is 1. The second-order valence-corrected chi connectivity index (χ2v) is 6.00. The smallest absolute Gasteiger partial charge is 0.407 e. The molecule has 0 fully saturated rings. The number of amides is 1. The quantitative estimate of drug-likeness (QED) is 0.644. The summed E-state index contributed by atoms with van der Waals surface area (Å²) in [5.41, 5.74) is 0. The summed E-state index contributed by atoms with van der Waals surface area (Å²) >= 11 is 0. The van der Waals surface area contributed by atoms with Crippen LogP contribution in [0.4, 0.5) is 4.79 Å². The first-order valence-corrected chi connectivity index (χ1v) is 8.12. The summed E-state index contributed by atoms with van der Waals surface area (Å²) in [6.07, 6.45) is 3.54. The first-order chi connectivity index (χ1) is 8.41. The molecular weight excluding hydrogens is 256 g/mol. The Kier molecular flexibility index (Phi) is 8.74. The van der Waals surface area contributed by atoms with Crippen molar-refractivity contribution in [1.82, 2.24) is 9.62 Å². The summed E-state index contributed by atoms with van der Waals surface area (Å²) in [7, 11) is -3.21. The maximum absolute atomic E-state index is 11.5. The number of rotatable bonds is 9. The van der Waals surface area contributed by atoms with Crippen LogP contribution in [-0.4, -0.2) is 51.3 Å². The molecule has 108 valence electrons. The Hall–Kier alpha value is -0.820. The summed E-state index contributed by atoms with van der Waals surface area (Å²) in [5, 5.41) is 2.51. The van der Waals surface area contributed by atoms with E-state index in [4.69, 9.17) is 0 Å². The van der Waals surface area contributed by atoms with Crippen LogP contribution < -0.4 is 5.32 Å². The van der Waals surface area contributed by atoms with Crippen LogP contribution >= 0.6 is 0 Å². The normalized spacial score (nSPS) is 11.6. The zero-order valence-electron chi connectivity index (χ0n) is 11.4. The Labute approximate surface area is 110 Å². The number of sulfonamides is 1. The SMILES string of the molecule is CCCCCN(CCNC(=O)OCC)S(C)(=O)=O. The van der Waals surface area contributed by atoms with Crippen LogP contribution in [0, 0.1) is 0 Å². The van der Waals surface area contributed by atoms with Gasteiger partial charge in [0.15, 0.2) is 0 Å². The maximum Gasteiger partial charge on any atom is 0.407 e. The van der Waals surface area contributed by atoms with Gasteiger partial charge in [-0.05, 0) is 13.3 Å². The molecule has 0 rings (SSSR count). The molecule has 0 heterocycles. The van der Waals surface area contributed by atoms with Crippen LogP contribution in [0.1, 0.15) is 33.1 Å². The lowest BCUT2D eigenvalue weighted by molar-refractivity contribution is 0.151. The van der Waals surface area contributed by atoms with E-state index in [1.54, 1.807) is 6.92 Å². The number of carbonyl (C=O) groups excluding carboxylic acids is 1. The Morgan fingerprint density at radius 3 is 2.39 bits per heavy atom. The Balaban J connectivity index is 4.06. The van der Waals surface area contributed by atoms with Crippen LogP contribution in [0.25, 0.3) is 0 Å². The third kappa shape index (κ3) is 8.30. The van der Waals surface area contributed by atoms with Crippen molar-refractivity contribution >= 4 is 16.1 Å². The minimum atomic E-state index is -3.21. The fraction of sp³-hybridized carbons (Fsp3) is 0.909. The lowest BCUT2D eigenvalue weighted by atomic mass is 10.2.